The van der Waals surface area contributed by atoms with E-state index in [0.29, 0.717) is 25.4 Å². The fourth-order valence-electron chi connectivity index (χ4n) is 0.968. The molecule has 0 bridgehead atoms. The van der Waals surface area contributed by atoms with Gasteiger partial charge in [-0.1, -0.05) is 17.5 Å². The summed E-state index contributed by atoms with van der Waals surface area (Å²) in [5, 5.41) is 3.04. The lowest BCUT2D eigenvalue weighted by molar-refractivity contribution is 0.315. The molecule has 0 atom stereocenters. The summed E-state index contributed by atoms with van der Waals surface area (Å²) in [7, 11) is 0. The summed E-state index contributed by atoms with van der Waals surface area (Å²) in [6.45, 7) is 1.55. The second-order valence-corrected chi connectivity index (χ2v) is 3.21. The molecule has 1 aromatic carbocycles. The minimum absolute atomic E-state index is 0.0906. The smallest absolute Gasteiger partial charge is 0.145 e. The molecule has 1 N–H and O–H groups in total. The Kier molecular flexibility index (Phi) is 4.96. The Morgan fingerprint density at radius 1 is 1.53 bits per heavy atom. The van der Waals surface area contributed by atoms with Crippen molar-refractivity contribution in [2.24, 2.45) is 0 Å². The van der Waals surface area contributed by atoms with Crippen LogP contribution in [0, 0.1) is 18.2 Å². The number of rotatable bonds is 5. The van der Waals surface area contributed by atoms with Crippen molar-refractivity contribution in [2.45, 2.75) is 0 Å². The van der Waals surface area contributed by atoms with Crippen molar-refractivity contribution in [3.63, 3.8) is 0 Å². The summed E-state index contributed by atoms with van der Waals surface area (Å²) < 4.78 is 18.2. The van der Waals surface area contributed by atoms with E-state index in [-0.39, 0.29) is 5.02 Å². The standard InChI is InChI=1S/C11H11ClFNO/c1-2-5-14-6-7-15-9-3-4-10(12)11(13)8-9/h1,3-4,8,14H,5-7H2. The Morgan fingerprint density at radius 3 is 3.00 bits per heavy atom. The Hall–Kier alpha value is -1.24. The predicted octanol–water partition coefficient (Wildman–Crippen LogP) is 2.08. The van der Waals surface area contributed by atoms with Gasteiger partial charge in [-0.3, -0.25) is 0 Å². The highest BCUT2D eigenvalue weighted by Crippen LogP contribution is 2.19. The molecule has 0 aromatic heterocycles. The van der Waals surface area contributed by atoms with Gasteiger partial charge >= 0.3 is 0 Å². The molecule has 0 spiro atoms. The van der Waals surface area contributed by atoms with Gasteiger partial charge in [-0.15, -0.1) is 6.42 Å². The molecule has 2 nitrogen and oxygen atoms in total. The van der Waals surface area contributed by atoms with Crippen molar-refractivity contribution >= 4 is 11.6 Å². The number of benzene rings is 1. The summed E-state index contributed by atoms with van der Waals surface area (Å²) in [6, 6.07) is 4.33. The van der Waals surface area contributed by atoms with Crippen molar-refractivity contribution in [3.05, 3.63) is 29.0 Å². The van der Waals surface area contributed by atoms with Crippen LogP contribution >= 0.6 is 11.6 Å². The van der Waals surface area contributed by atoms with Gasteiger partial charge in [0.15, 0.2) is 0 Å². The molecule has 0 aliphatic rings. The lowest BCUT2D eigenvalue weighted by Crippen LogP contribution is -2.21. The van der Waals surface area contributed by atoms with Crippen LogP contribution in [0.25, 0.3) is 0 Å². The monoisotopic (exact) mass is 227 g/mol. The first-order chi connectivity index (χ1) is 7.24. The molecule has 0 aliphatic carbocycles. The van der Waals surface area contributed by atoms with Crippen LogP contribution in [0.5, 0.6) is 5.75 Å². The fourth-order valence-corrected chi connectivity index (χ4v) is 1.09. The highest BCUT2D eigenvalue weighted by molar-refractivity contribution is 6.30. The molecule has 0 saturated heterocycles. The SMILES string of the molecule is C#CCNCCOc1ccc(Cl)c(F)c1. The highest BCUT2D eigenvalue weighted by atomic mass is 35.5. The lowest BCUT2D eigenvalue weighted by atomic mass is 10.3. The third kappa shape index (κ3) is 4.20. The number of terminal acetylenes is 1. The second kappa shape index (κ2) is 6.28. The third-order valence-corrected chi connectivity index (χ3v) is 1.97. The van der Waals surface area contributed by atoms with Gasteiger partial charge in [0.2, 0.25) is 0 Å². The molecule has 0 fully saturated rings. The van der Waals surface area contributed by atoms with E-state index >= 15 is 0 Å². The first kappa shape index (κ1) is 11.8. The normalized spacial score (nSPS) is 9.67. The summed E-state index contributed by atoms with van der Waals surface area (Å²) in [4.78, 5) is 0. The van der Waals surface area contributed by atoms with Crippen molar-refractivity contribution in [2.75, 3.05) is 19.7 Å². The minimum Gasteiger partial charge on any atom is -0.492 e. The zero-order valence-corrected chi connectivity index (χ0v) is 8.85. The molecular weight excluding hydrogens is 217 g/mol. The molecule has 1 aromatic rings. The molecule has 1 rings (SSSR count). The number of hydrogen-bond donors (Lipinski definition) is 1. The molecule has 0 amide bonds. The van der Waals surface area contributed by atoms with Crippen LogP contribution < -0.4 is 10.1 Å². The van der Waals surface area contributed by atoms with Gasteiger partial charge in [-0.2, -0.15) is 0 Å². The van der Waals surface area contributed by atoms with Gasteiger partial charge in [-0.25, -0.2) is 4.39 Å². The quantitative estimate of drug-likeness (QED) is 0.614. The van der Waals surface area contributed by atoms with E-state index in [9.17, 15) is 4.39 Å². The summed E-state index contributed by atoms with van der Waals surface area (Å²) in [6.07, 6.45) is 5.04. The van der Waals surface area contributed by atoms with Crippen molar-refractivity contribution in [1.82, 2.24) is 5.32 Å². The van der Waals surface area contributed by atoms with Crippen LogP contribution in [0.4, 0.5) is 4.39 Å². The van der Waals surface area contributed by atoms with Gasteiger partial charge in [-0.05, 0) is 12.1 Å². The van der Waals surface area contributed by atoms with Crippen LogP contribution in [0.2, 0.25) is 5.02 Å². The van der Waals surface area contributed by atoms with E-state index in [1.165, 1.54) is 12.1 Å². The summed E-state index contributed by atoms with van der Waals surface area (Å²) in [5.74, 6) is 2.42. The topological polar surface area (TPSA) is 21.3 Å². The molecular formula is C11H11ClFNO. The van der Waals surface area contributed by atoms with Crippen molar-refractivity contribution in [1.29, 1.82) is 0 Å². The minimum atomic E-state index is -0.481. The number of hydrogen-bond acceptors (Lipinski definition) is 2. The zero-order chi connectivity index (χ0) is 11.1. The summed E-state index contributed by atoms with van der Waals surface area (Å²) in [5.41, 5.74) is 0. The largest absolute Gasteiger partial charge is 0.492 e. The highest BCUT2D eigenvalue weighted by Gasteiger charge is 2.00. The fraction of sp³-hybridized carbons (Fsp3) is 0.273. The van der Waals surface area contributed by atoms with E-state index in [1.54, 1.807) is 6.07 Å². The Bertz CT molecular complexity index is 362. The first-order valence-corrected chi connectivity index (χ1v) is 4.84. The van der Waals surface area contributed by atoms with Crippen LogP contribution in [-0.4, -0.2) is 19.7 Å². The average Bonchev–Trinajstić information content (AvgIpc) is 2.23. The molecule has 0 radical (unpaired) electrons. The number of halogens is 2. The predicted molar refractivity (Wildman–Crippen MR) is 58.6 cm³/mol. The van der Waals surface area contributed by atoms with Crippen LogP contribution in [0.1, 0.15) is 0 Å². The molecule has 80 valence electrons. The molecule has 0 unspecified atom stereocenters. The van der Waals surface area contributed by atoms with Gasteiger partial charge in [0.25, 0.3) is 0 Å². The second-order valence-electron chi connectivity index (χ2n) is 2.81. The lowest BCUT2D eigenvalue weighted by Gasteiger charge is -2.06. The van der Waals surface area contributed by atoms with Gasteiger partial charge < -0.3 is 10.1 Å². The molecule has 0 aliphatic heterocycles. The van der Waals surface area contributed by atoms with E-state index in [2.05, 4.69) is 11.2 Å². The maximum absolute atomic E-state index is 13.0. The van der Waals surface area contributed by atoms with Crippen molar-refractivity contribution < 1.29 is 9.13 Å². The molecule has 4 heteroatoms. The molecule has 0 saturated carbocycles. The van der Waals surface area contributed by atoms with Crippen LogP contribution in [-0.2, 0) is 0 Å². The van der Waals surface area contributed by atoms with E-state index in [0.717, 1.165) is 0 Å². The van der Waals surface area contributed by atoms with Gasteiger partial charge in [0.05, 0.1) is 11.6 Å². The Labute approximate surface area is 93.4 Å². The maximum atomic E-state index is 13.0. The summed E-state index contributed by atoms with van der Waals surface area (Å²) >= 11 is 5.52. The van der Waals surface area contributed by atoms with Crippen LogP contribution in [0.3, 0.4) is 0 Å². The van der Waals surface area contributed by atoms with E-state index < -0.39 is 5.82 Å². The number of nitrogens with one attached hydrogen (secondary N) is 1. The van der Waals surface area contributed by atoms with Crippen LogP contribution in [0.15, 0.2) is 18.2 Å². The number of ether oxygens (including phenoxy) is 1. The molecule has 0 heterocycles. The Morgan fingerprint density at radius 2 is 2.33 bits per heavy atom. The molecule has 15 heavy (non-hydrogen) atoms. The maximum Gasteiger partial charge on any atom is 0.145 e. The Balaban J connectivity index is 2.32. The first-order valence-electron chi connectivity index (χ1n) is 4.46. The van der Waals surface area contributed by atoms with E-state index in [1.807, 2.05) is 0 Å². The third-order valence-electron chi connectivity index (χ3n) is 1.67. The van der Waals surface area contributed by atoms with E-state index in [4.69, 9.17) is 22.8 Å². The zero-order valence-electron chi connectivity index (χ0n) is 8.09. The van der Waals surface area contributed by atoms with Gasteiger partial charge in [0.1, 0.15) is 18.2 Å². The average molecular weight is 228 g/mol. The van der Waals surface area contributed by atoms with Gasteiger partial charge in [0, 0.05) is 12.6 Å². The van der Waals surface area contributed by atoms with Crippen molar-refractivity contribution in [3.8, 4) is 18.1 Å².